The van der Waals surface area contributed by atoms with E-state index in [0.717, 1.165) is 11.3 Å². The van der Waals surface area contributed by atoms with Gasteiger partial charge >= 0.3 is 11.8 Å². The zero-order valence-corrected chi connectivity index (χ0v) is 16.5. The van der Waals surface area contributed by atoms with Crippen molar-refractivity contribution in [1.82, 2.24) is 10.2 Å². The number of hydrogen-bond acceptors (Lipinski definition) is 6. The monoisotopic (exact) mass is 398 g/mol. The Kier molecular flexibility index (Phi) is 7.61. The third-order valence-electron chi connectivity index (χ3n) is 4.50. The molecule has 1 saturated heterocycles. The van der Waals surface area contributed by atoms with Gasteiger partial charge in [-0.05, 0) is 30.5 Å². The Morgan fingerprint density at radius 3 is 2.48 bits per heavy atom. The first-order chi connectivity index (χ1) is 12.9. The fourth-order valence-corrected chi connectivity index (χ4v) is 4.71. The molecule has 0 aliphatic carbocycles. The van der Waals surface area contributed by atoms with Crippen molar-refractivity contribution in [3.8, 4) is 5.75 Å². The minimum Gasteiger partial charge on any atom is -0.497 e. The van der Waals surface area contributed by atoms with Crippen LogP contribution in [-0.2, 0) is 30.6 Å². The molecule has 2 rings (SSSR count). The molecule has 0 aromatic heterocycles. The van der Waals surface area contributed by atoms with E-state index < -0.39 is 27.7 Å². The molecule has 0 radical (unpaired) electrons. The Morgan fingerprint density at radius 1 is 1.22 bits per heavy atom. The van der Waals surface area contributed by atoms with Crippen LogP contribution in [-0.4, -0.2) is 76.6 Å². The Morgan fingerprint density at radius 2 is 1.93 bits per heavy atom. The van der Waals surface area contributed by atoms with E-state index in [1.165, 1.54) is 12.0 Å². The standard InChI is InChI=1S/C18H26N2O6S/c1-25-11-10-20(15-8-12-27(23,24)13-15)18(22)17(21)19-9-7-14-3-5-16(26-2)6-4-14/h3-6,15H,7-13H2,1-2H3,(H,19,21). The predicted octanol–water partition coefficient (Wildman–Crippen LogP) is 0.0160. The first-order valence-corrected chi connectivity index (χ1v) is 10.6. The van der Waals surface area contributed by atoms with Crippen LogP contribution in [0.4, 0.5) is 0 Å². The zero-order valence-electron chi connectivity index (χ0n) is 15.6. The average molecular weight is 398 g/mol. The van der Waals surface area contributed by atoms with E-state index in [1.807, 2.05) is 24.3 Å². The minimum atomic E-state index is -3.16. The number of amides is 2. The fourth-order valence-electron chi connectivity index (χ4n) is 2.98. The van der Waals surface area contributed by atoms with Crippen molar-refractivity contribution in [1.29, 1.82) is 0 Å². The number of benzene rings is 1. The van der Waals surface area contributed by atoms with Gasteiger partial charge in [-0.15, -0.1) is 0 Å². The summed E-state index contributed by atoms with van der Waals surface area (Å²) in [7, 11) is -0.0820. The van der Waals surface area contributed by atoms with Crippen LogP contribution in [0.2, 0.25) is 0 Å². The normalized spacial score (nSPS) is 18.1. The number of nitrogens with zero attached hydrogens (tertiary/aromatic N) is 1. The number of rotatable bonds is 8. The molecule has 150 valence electrons. The van der Waals surface area contributed by atoms with Crippen molar-refractivity contribution in [3.05, 3.63) is 29.8 Å². The molecule has 1 aromatic carbocycles. The van der Waals surface area contributed by atoms with Crippen LogP contribution >= 0.6 is 0 Å². The first-order valence-electron chi connectivity index (χ1n) is 8.77. The average Bonchev–Trinajstić information content (AvgIpc) is 3.02. The van der Waals surface area contributed by atoms with Crippen molar-refractivity contribution in [2.45, 2.75) is 18.9 Å². The van der Waals surface area contributed by atoms with Gasteiger partial charge in [0.05, 0.1) is 25.2 Å². The van der Waals surface area contributed by atoms with E-state index in [4.69, 9.17) is 9.47 Å². The van der Waals surface area contributed by atoms with Crippen LogP contribution in [0.25, 0.3) is 0 Å². The number of carbonyl (C=O) groups is 2. The topological polar surface area (TPSA) is 102 Å². The molecule has 8 nitrogen and oxygen atoms in total. The van der Waals surface area contributed by atoms with Crippen LogP contribution in [0.15, 0.2) is 24.3 Å². The van der Waals surface area contributed by atoms with Crippen LogP contribution in [0.5, 0.6) is 5.75 Å². The summed E-state index contributed by atoms with van der Waals surface area (Å²) in [6.07, 6.45) is 0.913. The van der Waals surface area contributed by atoms with Gasteiger partial charge in [-0.25, -0.2) is 8.42 Å². The molecule has 0 spiro atoms. The summed E-state index contributed by atoms with van der Waals surface area (Å²) in [5.74, 6) is -0.777. The summed E-state index contributed by atoms with van der Waals surface area (Å²) in [5, 5.41) is 2.61. The molecule has 1 unspecified atom stereocenters. The maximum absolute atomic E-state index is 12.5. The summed E-state index contributed by atoms with van der Waals surface area (Å²) in [5.41, 5.74) is 1.00. The van der Waals surface area contributed by atoms with Crippen molar-refractivity contribution >= 4 is 21.7 Å². The highest BCUT2D eigenvalue weighted by atomic mass is 32.2. The molecular formula is C18H26N2O6S. The summed E-state index contributed by atoms with van der Waals surface area (Å²) in [6.45, 7) is 0.723. The van der Waals surface area contributed by atoms with Crippen molar-refractivity contribution in [2.75, 3.05) is 45.4 Å². The van der Waals surface area contributed by atoms with Gasteiger partial charge in [0.2, 0.25) is 0 Å². The second-order valence-corrected chi connectivity index (χ2v) is 8.63. The Labute approximate surface area is 159 Å². The fraction of sp³-hybridized carbons (Fsp3) is 0.556. The number of sulfone groups is 1. The second-order valence-electron chi connectivity index (χ2n) is 6.40. The van der Waals surface area contributed by atoms with Gasteiger partial charge in [0.15, 0.2) is 9.84 Å². The van der Waals surface area contributed by atoms with Gasteiger partial charge in [0, 0.05) is 26.2 Å². The zero-order chi connectivity index (χ0) is 19.9. The molecule has 0 saturated carbocycles. The second kappa shape index (κ2) is 9.70. The molecule has 27 heavy (non-hydrogen) atoms. The highest BCUT2D eigenvalue weighted by Gasteiger charge is 2.36. The number of methoxy groups -OCH3 is 2. The van der Waals surface area contributed by atoms with Crippen LogP contribution < -0.4 is 10.1 Å². The van der Waals surface area contributed by atoms with E-state index in [9.17, 15) is 18.0 Å². The van der Waals surface area contributed by atoms with E-state index in [1.54, 1.807) is 7.11 Å². The van der Waals surface area contributed by atoms with Gasteiger partial charge in [-0.1, -0.05) is 12.1 Å². The van der Waals surface area contributed by atoms with Crippen LogP contribution in [0.3, 0.4) is 0 Å². The molecule has 1 fully saturated rings. The van der Waals surface area contributed by atoms with E-state index in [2.05, 4.69) is 5.32 Å². The quantitative estimate of drug-likeness (QED) is 0.619. The van der Waals surface area contributed by atoms with Crippen molar-refractivity contribution in [2.24, 2.45) is 0 Å². The third-order valence-corrected chi connectivity index (χ3v) is 6.25. The largest absolute Gasteiger partial charge is 0.497 e. The Bertz CT molecular complexity index is 748. The molecule has 0 bridgehead atoms. The lowest BCUT2D eigenvalue weighted by Gasteiger charge is -2.27. The van der Waals surface area contributed by atoms with Crippen LogP contribution in [0, 0.1) is 0 Å². The van der Waals surface area contributed by atoms with Gasteiger partial charge < -0.3 is 19.7 Å². The summed E-state index contributed by atoms with van der Waals surface area (Å²) >= 11 is 0. The first kappa shape index (κ1) is 21.2. The number of hydrogen-bond donors (Lipinski definition) is 1. The number of carbonyl (C=O) groups excluding carboxylic acids is 2. The van der Waals surface area contributed by atoms with E-state index in [0.29, 0.717) is 19.4 Å². The lowest BCUT2D eigenvalue weighted by atomic mass is 10.1. The molecule has 9 heteroatoms. The molecule has 2 amide bonds. The molecule has 1 heterocycles. The van der Waals surface area contributed by atoms with Gasteiger partial charge in [0.1, 0.15) is 5.75 Å². The predicted molar refractivity (Wildman–Crippen MR) is 100 cm³/mol. The highest BCUT2D eigenvalue weighted by molar-refractivity contribution is 7.91. The molecule has 1 aliphatic rings. The summed E-state index contributed by atoms with van der Waals surface area (Å²) in [4.78, 5) is 26.1. The molecular weight excluding hydrogens is 372 g/mol. The van der Waals surface area contributed by atoms with Gasteiger partial charge in [-0.3, -0.25) is 9.59 Å². The smallest absolute Gasteiger partial charge is 0.312 e. The number of ether oxygens (including phenoxy) is 2. The third kappa shape index (κ3) is 6.21. The molecule has 1 N–H and O–H groups in total. The molecule has 1 aliphatic heterocycles. The lowest BCUT2D eigenvalue weighted by Crippen LogP contribution is -2.50. The van der Waals surface area contributed by atoms with Gasteiger partial charge in [0.25, 0.3) is 0 Å². The summed E-state index contributed by atoms with van der Waals surface area (Å²) in [6, 6.07) is 6.96. The molecule has 1 aromatic rings. The van der Waals surface area contributed by atoms with E-state index in [-0.39, 0.29) is 24.7 Å². The van der Waals surface area contributed by atoms with Crippen molar-refractivity contribution < 1.29 is 27.5 Å². The van der Waals surface area contributed by atoms with Crippen molar-refractivity contribution in [3.63, 3.8) is 0 Å². The summed E-state index contributed by atoms with van der Waals surface area (Å²) < 4.78 is 33.5. The number of nitrogens with one attached hydrogen (secondary N) is 1. The highest BCUT2D eigenvalue weighted by Crippen LogP contribution is 2.18. The molecule has 1 atom stereocenters. The minimum absolute atomic E-state index is 0.0352. The lowest BCUT2D eigenvalue weighted by molar-refractivity contribution is -0.147. The maximum Gasteiger partial charge on any atom is 0.312 e. The SMILES string of the molecule is COCCN(C(=O)C(=O)NCCc1ccc(OC)cc1)C1CCS(=O)(=O)C1. The Balaban J connectivity index is 1.90. The van der Waals surface area contributed by atoms with Crippen LogP contribution in [0.1, 0.15) is 12.0 Å². The van der Waals surface area contributed by atoms with E-state index >= 15 is 0 Å². The maximum atomic E-state index is 12.5. The van der Waals surface area contributed by atoms with Gasteiger partial charge in [-0.2, -0.15) is 0 Å². The Hall–Kier alpha value is -2.13.